The van der Waals surface area contributed by atoms with Crippen molar-refractivity contribution in [3.05, 3.63) is 18.0 Å². The zero-order valence-corrected chi connectivity index (χ0v) is 10.2. The molecule has 0 aliphatic carbocycles. The van der Waals surface area contributed by atoms with Crippen molar-refractivity contribution in [2.24, 2.45) is 0 Å². The normalized spacial score (nSPS) is 13.0. The molecule has 0 saturated carbocycles. The van der Waals surface area contributed by atoms with Gasteiger partial charge in [0.15, 0.2) is 0 Å². The van der Waals surface area contributed by atoms with Crippen molar-refractivity contribution in [2.45, 2.75) is 52.6 Å². The van der Waals surface area contributed by atoms with E-state index in [9.17, 15) is 0 Å². The first-order chi connectivity index (χ1) is 7.26. The largest absolute Gasteiger partial charge is 0.312 e. The van der Waals surface area contributed by atoms with E-state index in [4.69, 9.17) is 0 Å². The van der Waals surface area contributed by atoms with Gasteiger partial charge in [-0.3, -0.25) is 4.68 Å². The Hall–Kier alpha value is -0.830. The highest BCUT2D eigenvalue weighted by Gasteiger charge is 2.07. The van der Waals surface area contributed by atoms with Gasteiger partial charge in [0.05, 0.1) is 12.2 Å². The third-order valence-electron chi connectivity index (χ3n) is 2.50. The molecule has 1 rings (SSSR count). The van der Waals surface area contributed by atoms with E-state index in [0.29, 0.717) is 6.04 Å². The second-order valence-electron chi connectivity index (χ2n) is 4.12. The molecule has 1 atom stereocenters. The van der Waals surface area contributed by atoms with E-state index in [2.05, 4.69) is 36.5 Å². The Balaban J connectivity index is 2.42. The summed E-state index contributed by atoms with van der Waals surface area (Å²) in [7, 11) is 0. The van der Waals surface area contributed by atoms with E-state index >= 15 is 0 Å². The Labute approximate surface area is 92.9 Å². The highest BCUT2D eigenvalue weighted by Crippen LogP contribution is 2.01. The van der Waals surface area contributed by atoms with Crippen molar-refractivity contribution in [3.63, 3.8) is 0 Å². The lowest BCUT2D eigenvalue weighted by molar-refractivity contribution is 0.401. The minimum atomic E-state index is 0.564. The first-order valence-corrected chi connectivity index (χ1v) is 5.99. The molecule has 1 unspecified atom stereocenters. The maximum absolute atomic E-state index is 4.42. The van der Waals surface area contributed by atoms with Gasteiger partial charge in [-0.25, -0.2) is 0 Å². The standard InChI is InChI=1S/C12H23N3/c1-4-6-12(13-8-5-2)10-15-9-7-11(3)14-15/h7,9,12-13H,4-6,8,10H2,1-3H3. The Morgan fingerprint density at radius 1 is 1.40 bits per heavy atom. The van der Waals surface area contributed by atoms with Gasteiger partial charge >= 0.3 is 0 Å². The first-order valence-electron chi connectivity index (χ1n) is 5.99. The molecule has 1 N–H and O–H groups in total. The number of hydrogen-bond acceptors (Lipinski definition) is 2. The highest BCUT2D eigenvalue weighted by atomic mass is 15.3. The third-order valence-corrected chi connectivity index (χ3v) is 2.50. The summed E-state index contributed by atoms with van der Waals surface area (Å²) in [6.45, 7) is 8.56. The van der Waals surface area contributed by atoms with E-state index < -0.39 is 0 Å². The summed E-state index contributed by atoms with van der Waals surface area (Å²) in [6.07, 6.45) is 5.70. The molecule has 1 aromatic heterocycles. The molecule has 3 heteroatoms. The fraction of sp³-hybridized carbons (Fsp3) is 0.750. The van der Waals surface area contributed by atoms with Crippen molar-refractivity contribution in [1.29, 1.82) is 0 Å². The minimum Gasteiger partial charge on any atom is -0.312 e. The molecule has 0 saturated heterocycles. The number of nitrogens with one attached hydrogen (secondary N) is 1. The van der Waals surface area contributed by atoms with Crippen molar-refractivity contribution in [2.75, 3.05) is 6.54 Å². The molecule has 1 aromatic rings. The molecule has 3 nitrogen and oxygen atoms in total. The maximum Gasteiger partial charge on any atom is 0.0593 e. The van der Waals surface area contributed by atoms with Gasteiger partial charge in [0.1, 0.15) is 0 Å². The summed E-state index contributed by atoms with van der Waals surface area (Å²) in [4.78, 5) is 0. The summed E-state index contributed by atoms with van der Waals surface area (Å²) in [6, 6.07) is 2.62. The molecule has 0 radical (unpaired) electrons. The molecular formula is C12H23N3. The van der Waals surface area contributed by atoms with Gasteiger partial charge in [-0.15, -0.1) is 0 Å². The number of aryl methyl sites for hydroxylation is 1. The van der Waals surface area contributed by atoms with Crippen LogP contribution >= 0.6 is 0 Å². The van der Waals surface area contributed by atoms with Crippen molar-refractivity contribution in [1.82, 2.24) is 15.1 Å². The number of aromatic nitrogens is 2. The van der Waals surface area contributed by atoms with Crippen LogP contribution < -0.4 is 5.32 Å². The van der Waals surface area contributed by atoms with Crippen molar-refractivity contribution >= 4 is 0 Å². The Morgan fingerprint density at radius 2 is 2.20 bits per heavy atom. The molecular weight excluding hydrogens is 186 g/mol. The predicted molar refractivity (Wildman–Crippen MR) is 64.0 cm³/mol. The average Bonchev–Trinajstić information content (AvgIpc) is 2.61. The van der Waals surface area contributed by atoms with Crippen LogP contribution in [-0.4, -0.2) is 22.4 Å². The fourth-order valence-electron chi connectivity index (χ4n) is 1.75. The van der Waals surface area contributed by atoms with E-state index in [1.165, 1.54) is 19.3 Å². The highest BCUT2D eigenvalue weighted by molar-refractivity contribution is 4.95. The molecule has 0 bridgehead atoms. The molecule has 86 valence electrons. The van der Waals surface area contributed by atoms with Crippen LogP contribution in [0.3, 0.4) is 0 Å². The van der Waals surface area contributed by atoms with Gasteiger partial charge in [-0.1, -0.05) is 20.3 Å². The molecule has 0 aromatic carbocycles. The molecule has 0 spiro atoms. The van der Waals surface area contributed by atoms with Crippen LogP contribution in [0.5, 0.6) is 0 Å². The number of hydrogen-bond donors (Lipinski definition) is 1. The van der Waals surface area contributed by atoms with Gasteiger partial charge in [0, 0.05) is 12.2 Å². The number of nitrogens with zero attached hydrogens (tertiary/aromatic N) is 2. The van der Waals surface area contributed by atoms with E-state index in [0.717, 1.165) is 18.8 Å². The van der Waals surface area contributed by atoms with Gasteiger partial charge in [0.25, 0.3) is 0 Å². The van der Waals surface area contributed by atoms with E-state index in [1.807, 2.05) is 11.6 Å². The van der Waals surface area contributed by atoms with Gasteiger partial charge in [-0.2, -0.15) is 5.10 Å². The Bertz CT molecular complexity index is 268. The molecule has 0 fully saturated rings. The molecule has 0 aliphatic heterocycles. The second-order valence-corrected chi connectivity index (χ2v) is 4.12. The van der Waals surface area contributed by atoms with Gasteiger partial charge in [0.2, 0.25) is 0 Å². The number of rotatable bonds is 7. The predicted octanol–water partition coefficient (Wildman–Crippen LogP) is 2.36. The van der Waals surface area contributed by atoms with Crippen molar-refractivity contribution < 1.29 is 0 Å². The van der Waals surface area contributed by atoms with Crippen molar-refractivity contribution in [3.8, 4) is 0 Å². The molecule has 0 amide bonds. The lowest BCUT2D eigenvalue weighted by Crippen LogP contribution is -2.33. The van der Waals surface area contributed by atoms with Crippen LogP contribution in [0.25, 0.3) is 0 Å². The Morgan fingerprint density at radius 3 is 2.73 bits per heavy atom. The van der Waals surface area contributed by atoms with Crippen LogP contribution in [0.2, 0.25) is 0 Å². The van der Waals surface area contributed by atoms with Gasteiger partial charge in [-0.05, 0) is 32.4 Å². The summed E-state index contributed by atoms with van der Waals surface area (Å²) >= 11 is 0. The smallest absolute Gasteiger partial charge is 0.0593 e. The van der Waals surface area contributed by atoms with Crippen LogP contribution in [0, 0.1) is 6.92 Å². The van der Waals surface area contributed by atoms with E-state index in [-0.39, 0.29) is 0 Å². The monoisotopic (exact) mass is 209 g/mol. The minimum absolute atomic E-state index is 0.564. The van der Waals surface area contributed by atoms with Crippen LogP contribution in [0.15, 0.2) is 12.3 Å². The zero-order chi connectivity index (χ0) is 11.1. The first kappa shape index (κ1) is 12.2. The zero-order valence-electron chi connectivity index (χ0n) is 10.2. The fourth-order valence-corrected chi connectivity index (χ4v) is 1.75. The van der Waals surface area contributed by atoms with Crippen LogP contribution in [0.4, 0.5) is 0 Å². The summed E-state index contributed by atoms with van der Waals surface area (Å²) < 4.78 is 2.04. The van der Waals surface area contributed by atoms with E-state index in [1.54, 1.807) is 0 Å². The summed E-state index contributed by atoms with van der Waals surface area (Å²) in [5, 5.41) is 7.98. The summed E-state index contributed by atoms with van der Waals surface area (Å²) in [5.74, 6) is 0. The average molecular weight is 209 g/mol. The summed E-state index contributed by atoms with van der Waals surface area (Å²) in [5.41, 5.74) is 1.10. The second kappa shape index (κ2) is 6.62. The van der Waals surface area contributed by atoms with Gasteiger partial charge < -0.3 is 5.32 Å². The lowest BCUT2D eigenvalue weighted by atomic mass is 10.1. The van der Waals surface area contributed by atoms with Crippen LogP contribution in [-0.2, 0) is 6.54 Å². The molecule has 0 aliphatic rings. The third kappa shape index (κ3) is 4.47. The quantitative estimate of drug-likeness (QED) is 0.747. The molecule has 1 heterocycles. The lowest BCUT2D eigenvalue weighted by Gasteiger charge is -2.17. The maximum atomic E-state index is 4.42. The molecule has 15 heavy (non-hydrogen) atoms. The SMILES string of the molecule is CCCNC(CCC)Cn1ccc(C)n1. The van der Waals surface area contributed by atoms with Crippen LogP contribution in [0.1, 0.15) is 38.8 Å². The Kier molecular flexibility index (Phi) is 5.40. The topological polar surface area (TPSA) is 29.9 Å².